The maximum absolute atomic E-state index is 6.01. The monoisotopic (exact) mass is 319 g/mol. The van der Waals surface area contributed by atoms with Gasteiger partial charge in [-0.25, -0.2) is 0 Å². The van der Waals surface area contributed by atoms with Gasteiger partial charge in [0.25, 0.3) is 0 Å². The zero-order chi connectivity index (χ0) is 16.2. The van der Waals surface area contributed by atoms with Crippen LogP contribution in [0.5, 0.6) is 0 Å². The zero-order valence-electron chi connectivity index (χ0n) is 14.5. The standard InChI is InChI=1S/C17H29N5O/c1-18-17(21(3)11-14-6-4-8-20(14)2)19-10-16-12-22-9-5-7-15(22)13-23-16/h4,6,8,15-16H,5,7,9-13H2,1-3H3,(H,18,19). The smallest absolute Gasteiger partial charge is 0.193 e. The quantitative estimate of drug-likeness (QED) is 0.661. The Bertz CT molecular complexity index is 541. The van der Waals surface area contributed by atoms with E-state index in [0.717, 1.165) is 32.2 Å². The van der Waals surface area contributed by atoms with Crippen molar-refractivity contribution in [3.05, 3.63) is 24.0 Å². The molecule has 2 aliphatic heterocycles. The predicted octanol–water partition coefficient (Wildman–Crippen LogP) is 0.896. The molecule has 23 heavy (non-hydrogen) atoms. The van der Waals surface area contributed by atoms with Crippen LogP contribution in [-0.4, -0.2) is 72.8 Å². The van der Waals surface area contributed by atoms with E-state index in [-0.39, 0.29) is 6.10 Å². The maximum atomic E-state index is 6.01. The van der Waals surface area contributed by atoms with Crippen molar-refractivity contribution in [3.63, 3.8) is 0 Å². The number of morpholine rings is 1. The molecule has 2 saturated heterocycles. The van der Waals surface area contributed by atoms with Crippen LogP contribution >= 0.6 is 0 Å². The first kappa shape index (κ1) is 16.3. The first-order valence-electron chi connectivity index (χ1n) is 8.55. The molecule has 0 bridgehead atoms. The molecule has 2 atom stereocenters. The fourth-order valence-corrected chi connectivity index (χ4v) is 3.58. The van der Waals surface area contributed by atoms with E-state index in [1.165, 1.54) is 25.1 Å². The third-order valence-electron chi connectivity index (χ3n) is 4.97. The Hall–Kier alpha value is -1.53. The van der Waals surface area contributed by atoms with Crippen molar-refractivity contribution >= 4 is 5.96 Å². The van der Waals surface area contributed by atoms with Gasteiger partial charge < -0.3 is 19.5 Å². The summed E-state index contributed by atoms with van der Waals surface area (Å²) in [6.07, 6.45) is 4.93. The summed E-state index contributed by atoms with van der Waals surface area (Å²) < 4.78 is 8.15. The van der Waals surface area contributed by atoms with Gasteiger partial charge in [-0.3, -0.25) is 9.89 Å². The Morgan fingerprint density at radius 3 is 3.13 bits per heavy atom. The van der Waals surface area contributed by atoms with Crippen molar-refractivity contribution in [2.75, 3.05) is 40.3 Å². The van der Waals surface area contributed by atoms with E-state index in [2.05, 4.69) is 57.1 Å². The summed E-state index contributed by atoms with van der Waals surface area (Å²) in [5, 5.41) is 3.47. The number of rotatable bonds is 4. The van der Waals surface area contributed by atoms with Crippen LogP contribution in [-0.2, 0) is 18.3 Å². The van der Waals surface area contributed by atoms with Crippen LogP contribution in [0.25, 0.3) is 0 Å². The minimum Gasteiger partial charge on any atom is -0.373 e. The van der Waals surface area contributed by atoms with E-state index >= 15 is 0 Å². The summed E-state index contributed by atoms with van der Waals surface area (Å²) in [6, 6.07) is 4.87. The molecule has 0 amide bonds. The highest BCUT2D eigenvalue weighted by Gasteiger charge is 2.32. The van der Waals surface area contributed by atoms with Crippen LogP contribution < -0.4 is 5.32 Å². The van der Waals surface area contributed by atoms with E-state index in [1.807, 2.05) is 7.05 Å². The molecule has 6 heteroatoms. The summed E-state index contributed by atoms with van der Waals surface area (Å²) >= 11 is 0. The van der Waals surface area contributed by atoms with Gasteiger partial charge in [-0.15, -0.1) is 0 Å². The molecule has 3 rings (SSSR count). The number of aryl methyl sites for hydroxylation is 1. The van der Waals surface area contributed by atoms with Crippen molar-refractivity contribution in [2.24, 2.45) is 12.0 Å². The molecular weight excluding hydrogens is 290 g/mol. The topological polar surface area (TPSA) is 45.0 Å². The Kier molecular flexibility index (Phi) is 5.23. The molecule has 2 aliphatic rings. The molecule has 2 unspecified atom stereocenters. The molecule has 1 N–H and O–H groups in total. The molecule has 6 nitrogen and oxygen atoms in total. The highest BCUT2D eigenvalue weighted by atomic mass is 16.5. The molecule has 2 fully saturated rings. The molecule has 1 aromatic heterocycles. The number of ether oxygens (including phenoxy) is 1. The second-order valence-corrected chi connectivity index (χ2v) is 6.64. The van der Waals surface area contributed by atoms with Gasteiger partial charge in [0.2, 0.25) is 0 Å². The number of nitrogens with zero attached hydrogens (tertiary/aromatic N) is 4. The molecule has 128 valence electrons. The summed E-state index contributed by atoms with van der Waals surface area (Å²) in [5.74, 6) is 0.915. The van der Waals surface area contributed by atoms with E-state index < -0.39 is 0 Å². The lowest BCUT2D eigenvalue weighted by atomic mass is 10.2. The van der Waals surface area contributed by atoms with Crippen LogP contribution in [0.2, 0.25) is 0 Å². The number of hydrogen-bond donors (Lipinski definition) is 1. The summed E-state index contributed by atoms with van der Waals surface area (Å²) in [7, 11) is 5.98. The van der Waals surface area contributed by atoms with E-state index in [9.17, 15) is 0 Å². The Morgan fingerprint density at radius 2 is 2.39 bits per heavy atom. The molecule has 0 aliphatic carbocycles. The number of fused-ring (bicyclic) bond motifs is 1. The van der Waals surface area contributed by atoms with Crippen LogP contribution in [0.3, 0.4) is 0 Å². The highest BCUT2D eigenvalue weighted by Crippen LogP contribution is 2.22. The maximum Gasteiger partial charge on any atom is 0.193 e. The number of guanidine groups is 1. The first-order chi connectivity index (χ1) is 11.2. The van der Waals surface area contributed by atoms with Gasteiger partial charge in [-0.1, -0.05) is 0 Å². The van der Waals surface area contributed by atoms with Crippen molar-refractivity contribution in [1.82, 2.24) is 19.7 Å². The van der Waals surface area contributed by atoms with Crippen LogP contribution in [0.1, 0.15) is 18.5 Å². The molecule has 0 radical (unpaired) electrons. The van der Waals surface area contributed by atoms with Crippen molar-refractivity contribution < 1.29 is 4.74 Å². The van der Waals surface area contributed by atoms with Gasteiger partial charge in [-0.2, -0.15) is 0 Å². The highest BCUT2D eigenvalue weighted by molar-refractivity contribution is 5.79. The fraction of sp³-hybridized carbons (Fsp3) is 0.706. The van der Waals surface area contributed by atoms with Gasteiger partial charge in [0, 0.05) is 52.2 Å². The lowest BCUT2D eigenvalue weighted by molar-refractivity contribution is -0.0454. The minimum absolute atomic E-state index is 0.254. The van der Waals surface area contributed by atoms with Crippen LogP contribution in [0, 0.1) is 0 Å². The summed E-state index contributed by atoms with van der Waals surface area (Å²) in [4.78, 5) is 9.13. The van der Waals surface area contributed by atoms with Gasteiger partial charge in [0.05, 0.1) is 19.3 Å². The number of hydrogen-bond acceptors (Lipinski definition) is 3. The zero-order valence-corrected chi connectivity index (χ0v) is 14.5. The van der Waals surface area contributed by atoms with Crippen molar-refractivity contribution in [3.8, 4) is 0 Å². The second-order valence-electron chi connectivity index (χ2n) is 6.64. The third kappa shape index (κ3) is 3.87. The summed E-state index contributed by atoms with van der Waals surface area (Å²) in [5.41, 5.74) is 1.27. The average molecular weight is 319 g/mol. The van der Waals surface area contributed by atoms with Crippen LogP contribution in [0.15, 0.2) is 23.3 Å². The molecule has 3 heterocycles. The number of nitrogens with one attached hydrogen (secondary N) is 1. The van der Waals surface area contributed by atoms with Gasteiger partial charge in [0.15, 0.2) is 5.96 Å². The normalized spacial score (nSPS) is 25.4. The Morgan fingerprint density at radius 1 is 1.52 bits per heavy atom. The molecular formula is C17H29N5O. The van der Waals surface area contributed by atoms with Gasteiger partial charge in [0.1, 0.15) is 0 Å². The minimum atomic E-state index is 0.254. The molecule has 0 aromatic carbocycles. The van der Waals surface area contributed by atoms with Crippen LogP contribution in [0.4, 0.5) is 0 Å². The SMILES string of the molecule is CN=C(NCC1CN2CCCC2CO1)N(C)Cc1cccn1C. The van der Waals surface area contributed by atoms with E-state index in [0.29, 0.717) is 6.04 Å². The van der Waals surface area contributed by atoms with Gasteiger partial charge >= 0.3 is 0 Å². The summed E-state index contributed by atoms with van der Waals surface area (Å²) in [6.45, 7) is 4.79. The fourth-order valence-electron chi connectivity index (χ4n) is 3.58. The molecule has 0 saturated carbocycles. The van der Waals surface area contributed by atoms with E-state index in [4.69, 9.17) is 4.74 Å². The van der Waals surface area contributed by atoms with E-state index in [1.54, 1.807) is 0 Å². The largest absolute Gasteiger partial charge is 0.373 e. The number of aliphatic imine (C=N–C) groups is 1. The Balaban J connectivity index is 1.48. The first-order valence-corrected chi connectivity index (χ1v) is 8.55. The molecule has 0 spiro atoms. The second kappa shape index (κ2) is 7.36. The van der Waals surface area contributed by atoms with Crippen molar-refractivity contribution in [1.29, 1.82) is 0 Å². The Labute approximate surface area is 139 Å². The lowest BCUT2D eigenvalue weighted by Crippen LogP contribution is -2.51. The van der Waals surface area contributed by atoms with Gasteiger partial charge in [-0.05, 0) is 31.5 Å². The predicted molar refractivity (Wildman–Crippen MR) is 92.6 cm³/mol. The molecule has 1 aromatic rings. The van der Waals surface area contributed by atoms with Crippen molar-refractivity contribution in [2.45, 2.75) is 31.5 Å². The average Bonchev–Trinajstić information content (AvgIpc) is 3.17. The third-order valence-corrected chi connectivity index (χ3v) is 4.97. The number of aromatic nitrogens is 1. The lowest BCUT2D eigenvalue weighted by Gasteiger charge is -2.35.